The van der Waals surface area contributed by atoms with Crippen LogP contribution in [0, 0.1) is 11.7 Å². The Labute approximate surface area is 108 Å². The van der Waals surface area contributed by atoms with E-state index in [1.165, 1.54) is 31.7 Å². The number of nitrogens with zero attached hydrogens (tertiary/aromatic N) is 1. The second-order valence-corrected chi connectivity index (χ2v) is 5.38. The Bertz CT molecular complexity index is 399. The van der Waals surface area contributed by atoms with Crippen LogP contribution < -0.4 is 4.90 Å². The average molecular weight is 251 g/mol. The van der Waals surface area contributed by atoms with Crippen LogP contribution in [-0.4, -0.2) is 18.7 Å². The minimum atomic E-state index is -0.637. The molecule has 0 heterocycles. The second-order valence-electron chi connectivity index (χ2n) is 5.38. The minimum Gasteiger partial charge on any atom is -0.389 e. The quantitative estimate of drug-likeness (QED) is 0.885. The van der Waals surface area contributed by atoms with Gasteiger partial charge in [0.1, 0.15) is 5.82 Å². The van der Waals surface area contributed by atoms with Crippen molar-refractivity contribution >= 4 is 5.69 Å². The lowest BCUT2D eigenvalue weighted by Crippen LogP contribution is -2.26. The predicted octanol–water partition coefficient (Wildman–Crippen LogP) is 3.51. The summed E-state index contributed by atoms with van der Waals surface area (Å²) in [6, 6.07) is 4.92. The zero-order valence-electron chi connectivity index (χ0n) is 11.2. The fourth-order valence-electron chi connectivity index (χ4n) is 2.94. The third kappa shape index (κ3) is 2.83. The molecule has 100 valence electrons. The van der Waals surface area contributed by atoms with Gasteiger partial charge < -0.3 is 10.0 Å². The number of para-hydroxylation sites is 1. The van der Waals surface area contributed by atoms with Crippen molar-refractivity contribution < 1.29 is 9.50 Å². The molecule has 1 saturated carbocycles. The molecule has 2 rings (SSSR count). The lowest BCUT2D eigenvalue weighted by Gasteiger charge is -2.26. The summed E-state index contributed by atoms with van der Waals surface area (Å²) < 4.78 is 14.0. The van der Waals surface area contributed by atoms with Gasteiger partial charge in [-0.1, -0.05) is 25.0 Å². The minimum absolute atomic E-state index is 0.242. The Balaban J connectivity index is 2.19. The van der Waals surface area contributed by atoms with Crippen molar-refractivity contribution in [2.45, 2.75) is 38.7 Å². The Hall–Kier alpha value is -1.09. The Morgan fingerprint density at radius 1 is 1.39 bits per heavy atom. The highest BCUT2D eigenvalue weighted by molar-refractivity contribution is 5.55. The lowest BCUT2D eigenvalue weighted by atomic mass is 10.0. The van der Waals surface area contributed by atoms with Gasteiger partial charge in [0.05, 0.1) is 11.8 Å². The van der Waals surface area contributed by atoms with Crippen LogP contribution in [0.25, 0.3) is 0 Å². The fraction of sp³-hybridized carbons (Fsp3) is 0.600. The van der Waals surface area contributed by atoms with Crippen molar-refractivity contribution in [1.29, 1.82) is 0 Å². The van der Waals surface area contributed by atoms with E-state index in [-0.39, 0.29) is 5.82 Å². The zero-order valence-corrected chi connectivity index (χ0v) is 11.2. The van der Waals surface area contributed by atoms with E-state index >= 15 is 0 Å². The van der Waals surface area contributed by atoms with Crippen LogP contribution in [0.15, 0.2) is 18.2 Å². The van der Waals surface area contributed by atoms with Gasteiger partial charge in [-0.3, -0.25) is 0 Å². The molecule has 0 bridgehead atoms. The molecule has 0 amide bonds. The summed E-state index contributed by atoms with van der Waals surface area (Å²) in [7, 11) is 1.92. The van der Waals surface area contributed by atoms with E-state index in [2.05, 4.69) is 0 Å². The molecule has 0 radical (unpaired) electrons. The van der Waals surface area contributed by atoms with Gasteiger partial charge in [-0.15, -0.1) is 0 Å². The highest BCUT2D eigenvalue weighted by Crippen LogP contribution is 2.31. The summed E-state index contributed by atoms with van der Waals surface area (Å²) in [6.07, 6.45) is 4.42. The van der Waals surface area contributed by atoms with Crippen LogP contribution in [0.3, 0.4) is 0 Å². The Kier molecular flexibility index (Phi) is 4.23. The molecule has 1 aromatic rings. The molecule has 18 heavy (non-hydrogen) atoms. The highest BCUT2D eigenvalue weighted by Gasteiger charge is 2.21. The molecule has 1 N–H and O–H groups in total. The molecular formula is C15H22FNO. The molecule has 1 aromatic carbocycles. The van der Waals surface area contributed by atoms with Crippen molar-refractivity contribution in [2.75, 3.05) is 18.5 Å². The van der Waals surface area contributed by atoms with Crippen LogP contribution in [0.4, 0.5) is 10.1 Å². The van der Waals surface area contributed by atoms with Crippen LogP contribution >= 0.6 is 0 Å². The summed E-state index contributed by atoms with van der Waals surface area (Å²) >= 11 is 0. The standard InChI is InChI=1S/C15H22FNO/c1-11(18)13-8-5-9-14(16)15(13)17(2)10-12-6-3-4-7-12/h5,8-9,11-12,18H,3-4,6-7,10H2,1-2H3/t11-/m0/s1. The molecule has 0 saturated heterocycles. The largest absolute Gasteiger partial charge is 0.389 e. The number of benzene rings is 1. The van der Waals surface area contributed by atoms with Crippen LogP contribution in [0.5, 0.6) is 0 Å². The van der Waals surface area contributed by atoms with E-state index in [0.29, 0.717) is 17.2 Å². The van der Waals surface area contributed by atoms with Gasteiger partial charge in [-0.25, -0.2) is 4.39 Å². The zero-order chi connectivity index (χ0) is 13.1. The first kappa shape index (κ1) is 13.3. The van der Waals surface area contributed by atoms with Crippen molar-refractivity contribution in [3.8, 4) is 0 Å². The molecule has 0 aromatic heterocycles. The van der Waals surface area contributed by atoms with Crippen molar-refractivity contribution in [2.24, 2.45) is 5.92 Å². The highest BCUT2D eigenvalue weighted by atomic mass is 19.1. The van der Waals surface area contributed by atoms with Gasteiger partial charge in [0.2, 0.25) is 0 Å². The molecule has 1 aliphatic rings. The molecule has 0 aliphatic heterocycles. The SMILES string of the molecule is C[C@H](O)c1cccc(F)c1N(C)CC1CCCC1. The van der Waals surface area contributed by atoms with Crippen LogP contribution in [0.1, 0.15) is 44.3 Å². The molecule has 0 unspecified atom stereocenters. The van der Waals surface area contributed by atoms with Gasteiger partial charge in [0.15, 0.2) is 0 Å². The third-order valence-corrected chi connectivity index (χ3v) is 3.86. The summed E-state index contributed by atoms with van der Waals surface area (Å²) in [6.45, 7) is 2.56. The lowest BCUT2D eigenvalue weighted by molar-refractivity contribution is 0.199. The number of rotatable bonds is 4. The summed E-state index contributed by atoms with van der Waals surface area (Å²) in [5.41, 5.74) is 1.23. The van der Waals surface area contributed by atoms with Crippen molar-refractivity contribution in [3.63, 3.8) is 0 Å². The van der Waals surface area contributed by atoms with E-state index in [0.717, 1.165) is 6.54 Å². The maximum atomic E-state index is 14.0. The Morgan fingerprint density at radius 3 is 2.67 bits per heavy atom. The smallest absolute Gasteiger partial charge is 0.146 e. The van der Waals surface area contributed by atoms with Crippen LogP contribution in [0.2, 0.25) is 0 Å². The average Bonchev–Trinajstić information content (AvgIpc) is 2.81. The summed E-state index contributed by atoms with van der Waals surface area (Å²) in [5.74, 6) is 0.422. The molecule has 1 atom stereocenters. The summed E-state index contributed by atoms with van der Waals surface area (Å²) in [5, 5.41) is 9.75. The van der Waals surface area contributed by atoms with Gasteiger partial charge in [-0.2, -0.15) is 0 Å². The van der Waals surface area contributed by atoms with E-state index in [1.54, 1.807) is 19.1 Å². The number of aliphatic hydroxyl groups excluding tert-OH is 1. The van der Waals surface area contributed by atoms with E-state index in [4.69, 9.17) is 0 Å². The Morgan fingerprint density at radius 2 is 2.06 bits per heavy atom. The fourth-order valence-corrected chi connectivity index (χ4v) is 2.94. The van der Waals surface area contributed by atoms with Gasteiger partial charge >= 0.3 is 0 Å². The van der Waals surface area contributed by atoms with Crippen LogP contribution in [-0.2, 0) is 0 Å². The van der Waals surface area contributed by atoms with Crippen molar-refractivity contribution in [1.82, 2.24) is 0 Å². The number of aliphatic hydroxyl groups is 1. The molecule has 1 aliphatic carbocycles. The number of anilines is 1. The predicted molar refractivity (Wildman–Crippen MR) is 72.3 cm³/mol. The van der Waals surface area contributed by atoms with Gasteiger partial charge in [-0.05, 0) is 31.7 Å². The monoisotopic (exact) mass is 251 g/mol. The second kappa shape index (κ2) is 5.70. The third-order valence-electron chi connectivity index (χ3n) is 3.86. The molecule has 3 heteroatoms. The topological polar surface area (TPSA) is 23.5 Å². The van der Waals surface area contributed by atoms with E-state index in [9.17, 15) is 9.50 Å². The maximum Gasteiger partial charge on any atom is 0.146 e. The maximum absolute atomic E-state index is 14.0. The molecular weight excluding hydrogens is 229 g/mol. The first-order valence-electron chi connectivity index (χ1n) is 6.77. The first-order valence-corrected chi connectivity index (χ1v) is 6.77. The summed E-state index contributed by atoms with van der Waals surface area (Å²) in [4.78, 5) is 1.97. The van der Waals surface area contributed by atoms with Gasteiger partial charge in [0, 0.05) is 19.2 Å². The number of hydrogen-bond donors (Lipinski definition) is 1. The van der Waals surface area contributed by atoms with Crippen molar-refractivity contribution in [3.05, 3.63) is 29.6 Å². The molecule has 1 fully saturated rings. The normalized spacial score (nSPS) is 18.0. The van der Waals surface area contributed by atoms with E-state index in [1.807, 2.05) is 11.9 Å². The number of hydrogen-bond acceptors (Lipinski definition) is 2. The number of halogens is 1. The first-order chi connectivity index (χ1) is 8.59. The van der Waals surface area contributed by atoms with E-state index < -0.39 is 6.10 Å². The molecule has 0 spiro atoms. The molecule has 2 nitrogen and oxygen atoms in total. The van der Waals surface area contributed by atoms with Gasteiger partial charge in [0.25, 0.3) is 0 Å².